The molecule has 0 aliphatic heterocycles. The number of hydrogen-bond donors (Lipinski definition) is 0. The summed E-state index contributed by atoms with van der Waals surface area (Å²) in [5.74, 6) is 0. The van der Waals surface area contributed by atoms with Crippen LogP contribution in [0.4, 0.5) is 0 Å². The fourth-order valence-corrected chi connectivity index (χ4v) is 7.95. The highest BCUT2D eigenvalue weighted by atomic mass is 15.0. The van der Waals surface area contributed by atoms with Gasteiger partial charge in [0.2, 0.25) is 0 Å². The van der Waals surface area contributed by atoms with E-state index in [1.54, 1.807) is 0 Å². The van der Waals surface area contributed by atoms with Crippen LogP contribution >= 0.6 is 0 Å². The van der Waals surface area contributed by atoms with Crippen LogP contribution in [0.25, 0.3) is 77.2 Å². The van der Waals surface area contributed by atoms with Crippen LogP contribution < -0.4 is 0 Å². The van der Waals surface area contributed by atoms with Gasteiger partial charge in [-0.25, -0.2) is 0 Å². The molecule has 2 heteroatoms. The third-order valence-electron chi connectivity index (χ3n) is 9.75. The molecule has 0 unspecified atom stereocenters. The van der Waals surface area contributed by atoms with Gasteiger partial charge in [-0.2, -0.15) is 0 Å². The average molecular weight is 573 g/mol. The van der Waals surface area contributed by atoms with Crippen molar-refractivity contribution in [3.8, 4) is 33.6 Å². The van der Waals surface area contributed by atoms with E-state index in [0.717, 1.165) is 6.42 Å². The van der Waals surface area contributed by atoms with Crippen LogP contribution in [-0.4, -0.2) is 9.13 Å². The van der Waals surface area contributed by atoms with Crippen molar-refractivity contribution in [1.29, 1.82) is 0 Å². The van der Waals surface area contributed by atoms with Crippen molar-refractivity contribution in [3.05, 3.63) is 169 Å². The van der Waals surface area contributed by atoms with Crippen LogP contribution in [0.1, 0.15) is 11.1 Å². The van der Waals surface area contributed by atoms with Crippen molar-refractivity contribution < 1.29 is 0 Å². The monoisotopic (exact) mass is 572 g/mol. The highest BCUT2D eigenvalue weighted by molar-refractivity contribution is 6.29. The summed E-state index contributed by atoms with van der Waals surface area (Å²) in [6.07, 6.45) is 0.940. The van der Waals surface area contributed by atoms with E-state index < -0.39 is 0 Å². The van der Waals surface area contributed by atoms with Crippen LogP contribution in [-0.2, 0) is 6.42 Å². The molecule has 0 spiro atoms. The number of rotatable bonds is 3. The molecule has 0 bridgehead atoms. The van der Waals surface area contributed by atoms with E-state index in [4.69, 9.17) is 0 Å². The molecule has 0 saturated heterocycles. The Kier molecular flexibility index (Phi) is 5.09. The summed E-state index contributed by atoms with van der Waals surface area (Å²) in [7, 11) is 0. The third-order valence-corrected chi connectivity index (χ3v) is 9.75. The van der Waals surface area contributed by atoms with E-state index >= 15 is 0 Å². The second-order valence-corrected chi connectivity index (χ2v) is 12.1. The van der Waals surface area contributed by atoms with E-state index in [1.165, 1.54) is 88.4 Å². The quantitative estimate of drug-likeness (QED) is 0.199. The van der Waals surface area contributed by atoms with Gasteiger partial charge in [-0.1, -0.05) is 115 Å². The van der Waals surface area contributed by atoms with Gasteiger partial charge in [0.15, 0.2) is 0 Å². The zero-order valence-electron chi connectivity index (χ0n) is 24.6. The number of para-hydroxylation sites is 3. The van der Waals surface area contributed by atoms with Gasteiger partial charge in [-0.15, -0.1) is 0 Å². The van der Waals surface area contributed by atoms with Crippen LogP contribution in [0.3, 0.4) is 0 Å². The third kappa shape index (κ3) is 3.39. The van der Waals surface area contributed by atoms with E-state index in [9.17, 15) is 0 Å². The summed E-state index contributed by atoms with van der Waals surface area (Å²) in [4.78, 5) is 0. The molecule has 0 N–H and O–H groups in total. The van der Waals surface area contributed by atoms with Crippen LogP contribution in [0.2, 0.25) is 0 Å². The predicted molar refractivity (Wildman–Crippen MR) is 189 cm³/mol. The molecule has 0 saturated carbocycles. The van der Waals surface area contributed by atoms with Gasteiger partial charge in [0.1, 0.15) is 0 Å². The molecule has 2 heterocycles. The predicted octanol–water partition coefficient (Wildman–Crippen LogP) is 11.1. The summed E-state index contributed by atoms with van der Waals surface area (Å²) in [6.45, 7) is 0. The number of fused-ring (bicyclic) bond motifs is 10. The molecular weight excluding hydrogens is 544 g/mol. The number of nitrogens with zero attached hydrogens (tertiary/aromatic N) is 2. The molecule has 10 rings (SSSR count). The lowest BCUT2D eigenvalue weighted by Crippen LogP contribution is -1.98. The number of aromatic nitrogens is 2. The molecule has 45 heavy (non-hydrogen) atoms. The first-order chi connectivity index (χ1) is 22.4. The van der Waals surface area contributed by atoms with E-state index in [1.807, 2.05) is 0 Å². The molecule has 1 aliphatic rings. The second-order valence-electron chi connectivity index (χ2n) is 12.1. The highest BCUT2D eigenvalue weighted by Gasteiger charge is 2.27. The zero-order chi connectivity index (χ0) is 29.5. The Morgan fingerprint density at radius 3 is 1.71 bits per heavy atom. The summed E-state index contributed by atoms with van der Waals surface area (Å²) in [6, 6.07) is 57.7. The van der Waals surface area contributed by atoms with Crippen LogP contribution in [0, 0.1) is 0 Å². The normalized spacial score (nSPS) is 12.4. The minimum Gasteiger partial charge on any atom is -0.309 e. The molecule has 0 amide bonds. The lowest BCUT2D eigenvalue weighted by atomic mass is 9.95. The molecule has 1 aliphatic carbocycles. The Labute approximate surface area is 261 Å². The van der Waals surface area contributed by atoms with E-state index in [-0.39, 0.29) is 0 Å². The molecule has 7 aromatic carbocycles. The first kappa shape index (κ1) is 24.6. The zero-order valence-corrected chi connectivity index (χ0v) is 24.6. The van der Waals surface area contributed by atoms with Gasteiger partial charge >= 0.3 is 0 Å². The number of benzene rings is 7. The molecule has 210 valence electrons. The average Bonchev–Trinajstić information content (AvgIpc) is 3.76. The molecule has 9 aromatic rings. The van der Waals surface area contributed by atoms with Gasteiger partial charge in [0, 0.05) is 32.8 Å². The maximum atomic E-state index is 2.52. The van der Waals surface area contributed by atoms with Gasteiger partial charge in [-0.05, 0) is 76.7 Å². The van der Waals surface area contributed by atoms with Crippen molar-refractivity contribution in [3.63, 3.8) is 0 Å². The Bertz CT molecular complexity index is 2600. The first-order valence-electron chi connectivity index (χ1n) is 15.7. The highest BCUT2D eigenvalue weighted by Crippen LogP contribution is 2.47. The fourth-order valence-electron chi connectivity index (χ4n) is 7.95. The van der Waals surface area contributed by atoms with Gasteiger partial charge in [-0.3, -0.25) is 0 Å². The Balaban J connectivity index is 1.31. The Hall–Kier alpha value is -5.86. The van der Waals surface area contributed by atoms with Crippen LogP contribution in [0.15, 0.2) is 158 Å². The van der Waals surface area contributed by atoms with E-state index in [0.29, 0.717) is 0 Å². The summed E-state index contributed by atoms with van der Waals surface area (Å²) >= 11 is 0. The summed E-state index contributed by atoms with van der Waals surface area (Å²) < 4.78 is 4.93. The SMILES string of the molecule is c1ccc(-c2cccc3c2Cc2cccc(-n4c5ccccc5c5c6c7ccccc7n(-c7ccccc7)c6ccc54)c2-3)cc1. The molecule has 2 aromatic heterocycles. The Morgan fingerprint density at radius 1 is 0.400 bits per heavy atom. The minimum absolute atomic E-state index is 0.940. The maximum absolute atomic E-state index is 2.52. The fraction of sp³-hybridized carbons (Fsp3) is 0.0233. The van der Waals surface area contributed by atoms with Gasteiger partial charge < -0.3 is 9.13 Å². The van der Waals surface area contributed by atoms with E-state index in [2.05, 4.69) is 167 Å². The van der Waals surface area contributed by atoms with Crippen molar-refractivity contribution in [1.82, 2.24) is 9.13 Å². The summed E-state index contributed by atoms with van der Waals surface area (Å²) in [5, 5.41) is 5.17. The molecule has 0 atom stereocenters. The van der Waals surface area contributed by atoms with Crippen molar-refractivity contribution in [2.24, 2.45) is 0 Å². The maximum Gasteiger partial charge on any atom is 0.0549 e. The van der Waals surface area contributed by atoms with Crippen molar-refractivity contribution in [2.45, 2.75) is 6.42 Å². The van der Waals surface area contributed by atoms with Gasteiger partial charge in [0.25, 0.3) is 0 Å². The molecule has 0 radical (unpaired) electrons. The van der Waals surface area contributed by atoms with Crippen LogP contribution in [0.5, 0.6) is 0 Å². The first-order valence-corrected chi connectivity index (χ1v) is 15.7. The summed E-state index contributed by atoms with van der Waals surface area (Å²) in [5.41, 5.74) is 15.4. The lowest BCUT2D eigenvalue weighted by molar-refractivity contribution is 1.17. The molecule has 2 nitrogen and oxygen atoms in total. The van der Waals surface area contributed by atoms with Crippen molar-refractivity contribution >= 4 is 43.6 Å². The topological polar surface area (TPSA) is 9.86 Å². The molecular formula is C43H28N2. The molecule has 0 fully saturated rings. The Morgan fingerprint density at radius 2 is 0.978 bits per heavy atom. The van der Waals surface area contributed by atoms with Gasteiger partial charge in [0.05, 0.1) is 27.8 Å². The van der Waals surface area contributed by atoms with Crippen molar-refractivity contribution in [2.75, 3.05) is 0 Å². The standard InChI is InChI=1S/C43H28N2/c1-3-13-28(14-4-1)31-20-12-21-32-35(31)27-29-15-11-24-38(41(29)32)45-37-23-10-8-19-34(37)43-40(45)26-25-39-42(43)33-18-7-9-22-36(33)44(39)30-16-5-2-6-17-30/h1-26H,27H2. The largest absolute Gasteiger partial charge is 0.309 e. The second kappa shape index (κ2) is 9.32. The minimum atomic E-state index is 0.940. The lowest BCUT2D eigenvalue weighted by Gasteiger charge is -2.15. The smallest absolute Gasteiger partial charge is 0.0549 e. The number of hydrogen-bond acceptors (Lipinski definition) is 0.